The Balaban J connectivity index is 1.80. The maximum Gasteiger partial charge on any atom is 0.222 e. The molecule has 0 radical (unpaired) electrons. The van der Waals surface area contributed by atoms with Crippen molar-refractivity contribution >= 4 is 5.91 Å². The van der Waals surface area contributed by atoms with Crippen LogP contribution in [0.3, 0.4) is 0 Å². The van der Waals surface area contributed by atoms with Gasteiger partial charge in [-0.05, 0) is 12.8 Å². The fourth-order valence-electron chi connectivity index (χ4n) is 2.46. The maximum absolute atomic E-state index is 11.8. The van der Waals surface area contributed by atoms with Gasteiger partial charge in [0.05, 0.1) is 0 Å². The average Bonchev–Trinajstić information content (AvgIpc) is 2.41. The molecule has 2 aliphatic rings. The van der Waals surface area contributed by atoms with E-state index in [4.69, 9.17) is 0 Å². The normalized spacial score (nSPS) is 23.9. The summed E-state index contributed by atoms with van der Waals surface area (Å²) in [6.45, 7) is 8.42. The van der Waals surface area contributed by atoms with E-state index in [9.17, 15) is 4.79 Å². The average molecular weight is 225 g/mol. The zero-order valence-electron chi connectivity index (χ0n) is 10.2. The molecule has 16 heavy (non-hydrogen) atoms. The topological polar surface area (TPSA) is 35.6 Å². The van der Waals surface area contributed by atoms with E-state index in [1.54, 1.807) is 0 Å². The molecule has 2 heterocycles. The molecular formula is C12H23N3O. The highest BCUT2D eigenvalue weighted by Crippen LogP contribution is 2.11. The van der Waals surface area contributed by atoms with Crippen LogP contribution in [0, 0.1) is 0 Å². The van der Waals surface area contributed by atoms with Crippen molar-refractivity contribution in [2.24, 2.45) is 0 Å². The molecule has 4 heteroatoms. The summed E-state index contributed by atoms with van der Waals surface area (Å²) in [7, 11) is 0. The van der Waals surface area contributed by atoms with Gasteiger partial charge in [-0.2, -0.15) is 0 Å². The Kier molecular flexibility index (Phi) is 4.18. The monoisotopic (exact) mass is 225 g/mol. The third-order valence-electron chi connectivity index (χ3n) is 3.62. The van der Waals surface area contributed by atoms with Gasteiger partial charge in [-0.1, -0.05) is 6.92 Å². The molecule has 0 spiro atoms. The van der Waals surface area contributed by atoms with Crippen LogP contribution < -0.4 is 5.32 Å². The van der Waals surface area contributed by atoms with Crippen molar-refractivity contribution in [1.82, 2.24) is 15.1 Å². The summed E-state index contributed by atoms with van der Waals surface area (Å²) in [6, 6.07) is 0.723. The lowest BCUT2D eigenvalue weighted by Crippen LogP contribution is -2.57. The molecule has 0 aliphatic carbocycles. The van der Waals surface area contributed by atoms with Crippen LogP contribution in [-0.2, 0) is 4.79 Å². The van der Waals surface area contributed by atoms with E-state index in [1.165, 1.54) is 0 Å². The van der Waals surface area contributed by atoms with E-state index in [2.05, 4.69) is 22.0 Å². The van der Waals surface area contributed by atoms with Crippen molar-refractivity contribution in [1.29, 1.82) is 0 Å². The van der Waals surface area contributed by atoms with E-state index in [1.807, 2.05) is 0 Å². The zero-order chi connectivity index (χ0) is 11.4. The molecule has 0 unspecified atom stereocenters. The Labute approximate surface area is 98.0 Å². The number of hydrogen-bond donors (Lipinski definition) is 1. The minimum Gasteiger partial charge on any atom is -0.341 e. The second-order valence-electron chi connectivity index (χ2n) is 4.83. The van der Waals surface area contributed by atoms with Gasteiger partial charge in [-0.25, -0.2) is 0 Å². The number of nitrogens with zero attached hydrogens (tertiary/aromatic N) is 2. The predicted molar refractivity (Wildman–Crippen MR) is 64.3 cm³/mol. The van der Waals surface area contributed by atoms with Gasteiger partial charge < -0.3 is 10.2 Å². The van der Waals surface area contributed by atoms with E-state index in [0.717, 1.165) is 58.2 Å². The minimum atomic E-state index is 0.344. The van der Waals surface area contributed by atoms with E-state index >= 15 is 0 Å². The Morgan fingerprint density at radius 1 is 1.25 bits per heavy atom. The Morgan fingerprint density at radius 2 is 2.06 bits per heavy atom. The molecule has 1 N–H and O–H groups in total. The molecule has 0 aromatic rings. The molecule has 92 valence electrons. The Bertz CT molecular complexity index is 240. The van der Waals surface area contributed by atoms with Crippen LogP contribution >= 0.6 is 0 Å². The van der Waals surface area contributed by atoms with Gasteiger partial charge in [0.2, 0.25) is 5.91 Å². The van der Waals surface area contributed by atoms with Gasteiger partial charge >= 0.3 is 0 Å². The molecule has 2 aliphatic heterocycles. The highest BCUT2D eigenvalue weighted by Gasteiger charge is 2.27. The molecule has 0 atom stereocenters. The summed E-state index contributed by atoms with van der Waals surface area (Å²) in [5, 5.41) is 3.31. The molecule has 4 nitrogen and oxygen atoms in total. The van der Waals surface area contributed by atoms with E-state index in [0.29, 0.717) is 12.3 Å². The third kappa shape index (κ3) is 2.74. The van der Waals surface area contributed by atoms with Gasteiger partial charge in [0, 0.05) is 51.7 Å². The molecule has 1 amide bonds. The first kappa shape index (κ1) is 11.9. The Hall–Kier alpha value is -0.610. The van der Waals surface area contributed by atoms with Crippen LogP contribution in [0.15, 0.2) is 0 Å². The predicted octanol–water partition coefficient (Wildman–Crippen LogP) is 0.293. The summed E-state index contributed by atoms with van der Waals surface area (Å²) >= 11 is 0. The lowest BCUT2D eigenvalue weighted by molar-refractivity contribution is -0.131. The van der Waals surface area contributed by atoms with Crippen LogP contribution in [0.1, 0.15) is 26.2 Å². The highest BCUT2D eigenvalue weighted by molar-refractivity contribution is 5.76. The van der Waals surface area contributed by atoms with E-state index in [-0.39, 0.29) is 0 Å². The van der Waals surface area contributed by atoms with Crippen molar-refractivity contribution in [3.8, 4) is 0 Å². The Morgan fingerprint density at radius 3 is 2.69 bits per heavy atom. The number of amides is 1. The third-order valence-corrected chi connectivity index (χ3v) is 3.62. The standard InChI is InChI=1S/C12H23N3O/c1-2-4-12(16)15-6-3-5-14(7-8-15)11-9-13-10-11/h11,13H,2-10H2,1H3. The summed E-state index contributed by atoms with van der Waals surface area (Å²) in [5.41, 5.74) is 0. The summed E-state index contributed by atoms with van der Waals surface area (Å²) in [4.78, 5) is 16.4. The first-order chi connectivity index (χ1) is 7.81. The second-order valence-corrected chi connectivity index (χ2v) is 4.83. The number of carbonyl (C=O) groups is 1. The molecule has 0 aromatic heterocycles. The van der Waals surface area contributed by atoms with Crippen LogP contribution in [0.2, 0.25) is 0 Å². The molecular weight excluding hydrogens is 202 g/mol. The number of hydrogen-bond acceptors (Lipinski definition) is 3. The second kappa shape index (κ2) is 5.64. The van der Waals surface area contributed by atoms with Crippen molar-refractivity contribution < 1.29 is 4.79 Å². The smallest absolute Gasteiger partial charge is 0.222 e. The highest BCUT2D eigenvalue weighted by atomic mass is 16.2. The van der Waals surface area contributed by atoms with Crippen LogP contribution in [0.25, 0.3) is 0 Å². The maximum atomic E-state index is 11.8. The van der Waals surface area contributed by atoms with Gasteiger partial charge in [0.15, 0.2) is 0 Å². The zero-order valence-corrected chi connectivity index (χ0v) is 10.2. The number of carbonyl (C=O) groups excluding carboxylic acids is 1. The first-order valence-corrected chi connectivity index (χ1v) is 6.54. The van der Waals surface area contributed by atoms with Crippen molar-refractivity contribution in [3.63, 3.8) is 0 Å². The first-order valence-electron chi connectivity index (χ1n) is 6.54. The molecule has 0 bridgehead atoms. The van der Waals surface area contributed by atoms with Gasteiger partial charge in [0.1, 0.15) is 0 Å². The molecule has 2 rings (SSSR count). The summed E-state index contributed by atoms with van der Waals surface area (Å²) in [5.74, 6) is 0.344. The fraction of sp³-hybridized carbons (Fsp3) is 0.917. The lowest BCUT2D eigenvalue weighted by Gasteiger charge is -2.37. The van der Waals surface area contributed by atoms with E-state index < -0.39 is 0 Å². The van der Waals surface area contributed by atoms with Gasteiger partial charge in [-0.15, -0.1) is 0 Å². The van der Waals surface area contributed by atoms with Gasteiger partial charge in [-0.3, -0.25) is 9.69 Å². The largest absolute Gasteiger partial charge is 0.341 e. The molecule has 2 fully saturated rings. The number of nitrogens with one attached hydrogen (secondary N) is 1. The fourth-order valence-corrected chi connectivity index (χ4v) is 2.46. The van der Waals surface area contributed by atoms with Crippen LogP contribution in [-0.4, -0.2) is 61.0 Å². The summed E-state index contributed by atoms with van der Waals surface area (Å²) < 4.78 is 0. The molecule has 2 saturated heterocycles. The van der Waals surface area contributed by atoms with Crippen LogP contribution in [0.4, 0.5) is 0 Å². The lowest BCUT2D eigenvalue weighted by atomic mass is 10.1. The van der Waals surface area contributed by atoms with Crippen molar-refractivity contribution in [3.05, 3.63) is 0 Å². The van der Waals surface area contributed by atoms with Crippen molar-refractivity contribution in [2.75, 3.05) is 39.3 Å². The van der Waals surface area contributed by atoms with Crippen molar-refractivity contribution in [2.45, 2.75) is 32.2 Å². The molecule has 0 aromatic carbocycles. The van der Waals surface area contributed by atoms with Gasteiger partial charge in [0.25, 0.3) is 0 Å². The SMILES string of the molecule is CCCC(=O)N1CCCN(C2CNC2)CC1. The molecule has 0 saturated carbocycles. The van der Waals surface area contributed by atoms with Crippen LogP contribution in [0.5, 0.6) is 0 Å². The summed E-state index contributed by atoms with van der Waals surface area (Å²) in [6.07, 6.45) is 2.81. The number of rotatable bonds is 3. The minimum absolute atomic E-state index is 0.344. The quantitative estimate of drug-likeness (QED) is 0.750.